The maximum absolute atomic E-state index is 13.2. The van der Waals surface area contributed by atoms with E-state index in [1.54, 1.807) is 17.0 Å². The van der Waals surface area contributed by atoms with E-state index in [2.05, 4.69) is 0 Å². The number of nitrogens with zero attached hydrogens (tertiary/aromatic N) is 1. The molecule has 7 nitrogen and oxygen atoms in total. The fourth-order valence-corrected chi connectivity index (χ4v) is 5.04. The van der Waals surface area contributed by atoms with Crippen molar-refractivity contribution in [2.45, 2.75) is 48.9 Å². The molecule has 1 saturated carbocycles. The van der Waals surface area contributed by atoms with Gasteiger partial charge >= 0.3 is 5.97 Å². The number of hydrogen-bond donors (Lipinski definition) is 1. The molecule has 30 heavy (non-hydrogen) atoms. The minimum atomic E-state index is -3.90. The number of esters is 1. The zero-order valence-electron chi connectivity index (χ0n) is 16.3. The third-order valence-electron chi connectivity index (χ3n) is 5.02. The largest absolute Gasteiger partial charge is 0.452 e. The summed E-state index contributed by atoms with van der Waals surface area (Å²) in [7, 11) is -3.90. The average molecular weight is 455 g/mol. The number of carbonyl (C=O) groups excluding carboxylic acids is 2. The Balaban J connectivity index is 1.67. The molecule has 0 unspecified atom stereocenters. The molecule has 1 heterocycles. The molecular weight excluding hydrogens is 431 g/mol. The first-order valence-electron chi connectivity index (χ1n) is 9.56. The molecule has 0 atom stereocenters. The second-order valence-corrected chi connectivity index (χ2v) is 9.91. The Bertz CT molecular complexity index is 998. The lowest BCUT2D eigenvalue weighted by molar-refractivity contribution is -0.138. The van der Waals surface area contributed by atoms with E-state index in [1.807, 2.05) is 0 Å². The lowest BCUT2D eigenvalue weighted by Gasteiger charge is -2.34. The minimum absolute atomic E-state index is 0.0274. The summed E-state index contributed by atoms with van der Waals surface area (Å²) in [4.78, 5) is 26.8. The first kappa shape index (κ1) is 22.4. The fraction of sp³-hybridized carbons (Fsp3) is 0.400. The minimum Gasteiger partial charge on any atom is -0.452 e. The number of primary sulfonamides is 1. The van der Waals surface area contributed by atoms with Crippen LogP contribution in [0, 0.1) is 5.82 Å². The van der Waals surface area contributed by atoms with Crippen LogP contribution in [0.15, 0.2) is 39.9 Å². The van der Waals surface area contributed by atoms with Gasteiger partial charge in [0.2, 0.25) is 10.0 Å². The van der Waals surface area contributed by atoms with Crippen LogP contribution in [-0.2, 0) is 26.1 Å². The van der Waals surface area contributed by atoms with Crippen LogP contribution in [0.1, 0.15) is 48.0 Å². The maximum atomic E-state index is 13.2. The van der Waals surface area contributed by atoms with E-state index in [0.29, 0.717) is 6.54 Å². The van der Waals surface area contributed by atoms with Gasteiger partial charge in [0.05, 0.1) is 5.56 Å². The first-order valence-corrected chi connectivity index (χ1v) is 12.0. The van der Waals surface area contributed by atoms with Gasteiger partial charge in [-0.2, -0.15) is 0 Å². The molecule has 0 spiro atoms. The molecule has 1 amide bonds. The van der Waals surface area contributed by atoms with E-state index in [1.165, 1.54) is 17.5 Å². The molecule has 10 heteroatoms. The van der Waals surface area contributed by atoms with E-state index in [0.717, 1.165) is 55.1 Å². The Labute approximate surface area is 178 Å². The van der Waals surface area contributed by atoms with Crippen molar-refractivity contribution in [3.05, 3.63) is 52.7 Å². The zero-order chi connectivity index (χ0) is 21.7. The van der Waals surface area contributed by atoms with Crippen molar-refractivity contribution >= 4 is 33.2 Å². The van der Waals surface area contributed by atoms with Crippen LogP contribution in [0.4, 0.5) is 4.39 Å². The number of nitrogens with two attached hydrogens (primary N) is 1. The first-order chi connectivity index (χ1) is 14.2. The molecule has 3 rings (SSSR count). The lowest BCUT2D eigenvalue weighted by atomic mass is 9.93. The van der Waals surface area contributed by atoms with Crippen LogP contribution in [0.25, 0.3) is 0 Å². The summed E-state index contributed by atoms with van der Waals surface area (Å²) in [5.41, 5.74) is 0.817. The van der Waals surface area contributed by atoms with Gasteiger partial charge in [-0.1, -0.05) is 31.4 Å². The van der Waals surface area contributed by atoms with Crippen LogP contribution < -0.4 is 5.14 Å². The molecule has 2 N–H and O–H groups in total. The molecule has 0 saturated heterocycles. The van der Waals surface area contributed by atoms with Crippen LogP contribution in [0.2, 0.25) is 0 Å². The Morgan fingerprint density at radius 2 is 1.83 bits per heavy atom. The van der Waals surface area contributed by atoms with E-state index >= 15 is 0 Å². The summed E-state index contributed by atoms with van der Waals surface area (Å²) in [6, 6.07) is 7.11. The van der Waals surface area contributed by atoms with Crippen LogP contribution in [0.5, 0.6) is 0 Å². The SMILES string of the molecule is NS(=O)(=O)c1cc(C(=O)OCC(=O)N(Cc2ccc(F)cc2)C2CCCCC2)cs1. The predicted molar refractivity (Wildman–Crippen MR) is 110 cm³/mol. The highest BCUT2D eigenvalue weighted by molar-refractivity contribution is 7.91. The molecule has 0 aliphatic heterocycles. The Morgan fingerprint density at radius 3 is 2.43 bits per heavy atom. The van der Waals surface area contributed by atoms with Gasteiger partial charge in [-0.05, 0) is 36.6 Å². The number of sulfonamides is 1. The molecule has 1 aromatic carbocycles. The van der Waals surface area contributed by atoms with Gasteiger partial charge in [-0.3, -0.25) is 4.79 Å². The van der Waals surface area contributed by atoms with Crippen molar-refractivity contribution in [1.29, 1.82) is 0 Å². The van der Waals surface area contributed by atoms with E-state index < -0.39 is 22.6 Å². The van der Waals surface area contributed by atoms with Gasteiger partial charge in [0, 0.05) is 18.0 Å². The van der Waals surface area contributed by atoms with E-state index in [-0.39, 0.29) is 27.5 Å². The monoisotopic (exact) mass is 454 g/mol. The number of ether oxygens (including phenoxy) is 1. The normalized spacial score (nSPS) is 15.0. The van der Waals surface area contributed by atoms with Crippen LogP contribution in [-0.4, -0.2) is 37.8 Å². The molecular formula is C20H23FN2O5S2. The van der Waals surface area contributed by atoms with Crippen molar-refractivity contribution in [3.63, 3.8) is 0 Å². The van der Waals surface area contributed by atoms with Crippen molar-refractivity contribution < 1.29 is 27.1 Å². The number of benzene rings is 1. The van der Waals surface area contributed by atoms with Gasteiger partial charge < -0.3 is 9.64 Å². The smallest absolute Gasteiger partial charge is 0.339 e. The van der Waals surface area contributed by atoms with Gasteiger partial charge in [-0.15, -0.1) is 11.3 Å². The molecule has 1 aliphatic carbocycles. The summed E-state index contributed by atoms with van der Waals surface area (Å²) in [5, 5.41) is 6.37. The number of halogens is 1. The number of rotatable bonds is 7. The number of hydrogen-bond acceptors (Lipinski definition) is 6. The average Bonchev–Trinajstić information content (AvgIpc) is 3.23. The topological polar surface area (TPSA) is 107 Å². The van der Waals surface area contributed by atoms with E-state index in [4.69, 9.17) is 9.88 Å². The quantitative estimate of drug-likeness (QED) is 0.647. The highest BCUT2D eigenvalue weighted by Gasteiger charge is 2.27. The van der Waals surface area contributed by atoms with Crippen molar-refractivity contribution in [1.82, 2.24) is 4.90 Å². The van der Waals surface area contributed by atoms with E-state index in [9.17, 15) is 22.4 Å². The second-order valence-electron chi connectivity index (χ2n) is 7.22. The Kier molecular flexibility index (Phi) is 7.22. The Hall–Kier alpha value is -2.30. The van der Waals surface area contributed by atoms with Gasteiger partial charge in [0.1, 0.15) is 10.0 Å². The summed E-state index contributed by atoms with van der Waals surface area (Å²) >= 11 is 0.811. The van der Waals surface area contributed by atoms with Gasteiger partial charge in [-0.25, -0.2) is 22.7 Å². The molecule has 1 fully saturated rings. The van der Waals surface area contributed by atoms with Gasteiger partial charge in [0.25, 0.3) is 5.91 Å². The summed E-state index contributed by atoms with van der Waals surface area (Å²) in [5.74, 6) is -1.49. The standard InChI is InChI=1S/C20H23FN2O5S2/c21-16-8-6-14(7-9-16)11-23(17-4-2-1-3-5-17)18(24)12-28-20(25)15-10-19(29-13-15)30(22,26)27/h6-10,13,17H,1-5,11-12H2,(H2,22,26,27). The summed E-state index contributed by atoms with van der Waals surface area (Å²) < 4.78 is 40.9. The van der Waals surface area contributed by atoms with Crippen molar-refractivity contribution in [2.24, 2.45) is 5.14 Å². The van der Waals surface area contributed by atoms with Crippen molar-refractivity contribution in [2.75, 3.05) is 6.61 Å². The maximum Gasteiger partial charge on any atom is 0.339 e. The van der Waals surface area contributed by atoms with Crippen molar-refractivity contribution in [3.8, 4) is 0 Å². The lowest BCUT2D eigenvalue weighted by Crippen LogP contribution is -2.43. The molecule has 2 aromatic rings. The van der Waals surface area contributed by atoms with Crippen LogP contribution >= 0.6 is 11.3 Å². The van der Waals surface area contributed by atoms with Crippen LogP contribution in [0.3, 0.4) is 0 Å². The highest BCUT2D eigenvalue weighted by Crippen LogP contribution is 2.25. The number of carbonyl (C=O) groups is 2. The highest BCUT2D eigenvalue weighted by atomic mass is 32.2. The number of thiophene rings is 1. The molecule has 1 aliphatic rings. The second kappa shape index (κ2) is 9.67. The predicted octanol–water partition coefficient (Wildman–Crippen LogP) is 3.05. The molecule has 0 bridgehead atoms. The van der Waals surface area contributed by atoms with Gasteiger partial charge in [0.15, 0.2) is 6.61 Å². The Morgan fingerprint density at radius 1 is 1.17 bits per heavy atom. The number of amides is 1. The third-order valence-corrected chi connectivity index (χ3v) is 7.41. The summed E-state index contributed by atoms with van der Waals surface area (Å²) in [6.07, 6.45) is 4.88. The third kappa shape index (κ3) is 5.87. The molecule has 1 aromatic heterocycles. The molecule has 0 radical (unpaired) electrons. The summed E-state index contributed by atoms with van der Waals surface area (Å²) in [6.45, 7) is -0.160. The zero-order valence-corrected chi connectivity index (χ0v) is 17.9. The fourth-order valence-electron chi connectivity index (χ4n) is 3.47. The molecule has 162 valence electrons.